The van der Waals surface area contributed by atoms with Gasteiger partial charge in [-0.3, -0.25) is 9.59 Å². The first kappa shape index (κ1) is 49.8. The summed E-state index contributed by atoms with van der Waals surface area (Å²) in [7, 11) is 0. The van der Waals surface area contributed by atoms with Crippen molar-refractivity contribution in [1.29, 1.82) is 0 Å². The van der Waals surface area contributed by atoms with E-state index in [0.29, 0.717) is 19.4 Å². The highest BCUT2D eigenvalue weighted by Gasteiger charge is 2.17. The molecule has 6 heteroatoms. The predicted molar refractivity (Wildman–Crippen MR) is 222 cm³/mol. The van der Waals surface area contributed by atoms with Gasteiger partial charge >= 0.3 is 5.97 Å². The van der Waals surface area contributed by atoms with Crippen molar-refractivity contribution in [2.75, 3.05) is 13.2 Å². The second-order valence-corrected chi connectivity index (χ2v) is 14.7. The Labute approximate surface area is 321 Å². The molecular formula is C46H83NO5. The van der Waals surface area contributed by atoms with Crippen LogP contribution in [0.1, 0.15) is 206 Å². The molecule has 0 aliphatic carbocycles. The Morgan fingerprint density at radius 3 is 1.60 bits per heavy atom. The fraction of sp³-hybridized carbons (Fsp3) is 0.783. The van der Waals surface area contributed by atoms with Crippen LogP contribution in [0, 0.1) is 0 Å². The third-order valence-electron chi connectivity index (χ3n) is 9.54. The SMILES string of the molecule is CCC/C=C\C/C=C\CCCCCCCC(=O)OCCCCCC/C=C\CCCC(=O)NC(CO)C(O)/C=C/CCCCCCCCCCCCC. The maximum atomic E-state index is 12.3. The van der Waals surface area contributed by atoms with Crippen molar-refractivity contribution in [3.63, 3.8) is 0 Å². The molecule has 0 saturated carbocycles. The topological polar surface area (TPSA) is 95.9 Å². The number of rotatable bonds is 39. The number of carbonyl (C=O) groups excluding carboxylic acids is 2. The van der Waals surface area contributed by atoms with E-state index in [1.165, 1.54) is 96.3 Å². The number of unbranched alkanes of at least 4 members (excludes halogenated alkanes) is 22. The summed E-state index contributed by atoms with van der Waals surface area (Å²) in [4.78, 5) is 24.3. The lowest BCUT2D eigenvalue weighted by Gasteiger charge is -2.19. The molecule has 0 heterocycles. The van der Waals surface area contributed by atoms with Gasteiger partial charge in [-0.1, -0.05) is 165 Å². The Morgan fingerprint density at radius 1 is 0.538 bits per heavy atom. The molecule has 0 fully saturated rings. The molecule has 0 aliphatic heterocycles. The van der Waals surface area contributed by atoms with Crippen molar-refractivity contribution < 1.29 is 24.5 Å². The highest BCUT2D eigenvalue weighted by Crippen LogP contribution is 2.13. The Bertz CT molecular complexity index is 895. The highest BCUT2D eigenvalue weighted by atomic mass is 16.5. The minimum absolute atomic E-state index is 0.0550. The van der Waals surface area contributed by atoms with Gasteiger partial charge < -0.3 is 20.3 Å². The van der Waals surface area contributed by atoms with Gasteiger partial charge in [-0.2, -0.15) is 0 Å². The van der Waals surface area contributed by atoms with Gasteiger partial charge in [-0.25, -0.2) is 0 Å². The summed E-state index contributed by atoms with van der Waals surface area (Å²) in [5.74, 6) is -0.188. The molecule has 0 aliphatic rings. The quantitative estimate of drug-likeness (QED) is 0.0332. The average molecular weight is 730 g/mol. The lowest BCUT2D eigenvalue weighted by Crippen LogP contribution is -2.45. The third-order valence-corrected chi connectivity index (χ3v) is 9.54. The normalized spacial score (nSPS) is 13.2. The summed E-state index contributed by atoms with van der Waals surface area (Å²) in [5.41, 5.74) is 0. The van der Waals surface area contributed by atoms with Gasteiger partial charge in [0.25, 0.3) is 0 Å². The van der Waals surface area contributed by atoms with Gasteiger partial charge in [0.1, 0.15) is 0 Å². The molecule has 0 rings (SSSR count). The number of esters is 1. The minimum Gasteiger partial charge on any atom is -0.466 e. The minimum atomic E-state index is -0.875. The van der Waals surface area contributed by atoms with Crippen LogP contribution in [0.25, 0.3) is 0 Å². The number of nitrogens with one attached hydrogen (secondary N) is 1. The van der Waals surface area contributed by atoms with E-state index in [4.69, 9.17) is 4.74 Å². The summed E-state index contributed by atoms with van der Waals surface area (Å²) >= 11 is 0. The van der Waals surface area contributed by atoms with Gasteiger partial charge in [0.15, 0.2) is 0 Å². The van der Waals surface area contributed by atoms with E-state index in [2.05, 4.69) is 55.6 Å². The van der Waals surface area contributed by atoms with Crippen LogP contribution >= 0.6 is 0 Å². The van der Waals surface area contributed by atoms with Crippen LogP contribution in [0.2, 0.25) is 0 Å². The van der Waals surface area contributed by atoms with E-state index < -0.39 is 12.1 Å². The van der Waals surface area contributed by atoms with E-state index in [-0.39, 0.29) is 18.5 Å². The Kier molecular flexibility index (Phi) is 39.8. The third kappa shape index (κ3) is 37.6. The van der Waals surface area contributed by atoms with Crippen molar-refractivity contribution in [3.8, 4) is 0 Å². The molecule has 6 nitrogen and oxygen atoms in total. The fourth-order valence-electron chi connectivity index (χ4n) is 6.14. The molecule has 0 bridgehead atoms. The van der Waals surface area contributed by atoms with Gasteiger partial charge in [-0.15, -0.1) is 0 Å². The number of hydrogen-bond acceptors (Lipinski definition) is 5. The number of aliphatic hydroxyl groups is 2. The summed E-state index contributed by atoms with van der Waals surface area (Å²) in [6.45, 7) is 4.71. The van der Waals surface area contributed by atoms with Crippen LogP contribution in [0.15, 0.2) is 48.6 Å². The van der Waals surface area contributed by atoms with Gasteiger partial charge in [0.05, 0.1) is 25.4 Å². The molecule has 0 spiro atoms. The molecule has 3 N–H and O–H groups in total. The summed E-state index contributed by atoms with van der Waals surface area (Å²) < 4.78 is 5.41. The zero-order valence-corrected chi connectivity index (χ0v) is 34.0. The van der Waals surface area contributed by atoms with Gasteiger partial charge in [0.2, 0.25) is 5.91 Å². The van der Waals surface area contributed by atoms with Crippen molar-refractivity contribution in [1.82, 2.24) is 5.32 Å². The van der Waals surface area contributed by atoms with E-state index in [0.717, 1.165) is 83.5 Å². The molecule has 2 atom stereocenters. The van der Waals surface area contributed by atoms with E-state index in [1.807, 2.05) is 6.08 Å². The maximum absolute atomic E-state index is 12.3. The second kappa shape index (κ2) is 41.6. The number of hydrogen-bond donors (Lipinski definition) is 3. The van der Waals surface area contributed by atoms with Crippen LogP contribution in [0.4, 0.5) is 0 Å². The van der Waals surface area contributed by atoms with Crippen molar-refractivity contribution >= 4 is 11.9 Å². The van der Waals surface area contributed by atoms with Crippen LogP contribution < -0.4 is 5.32 Å². The highest BCUT2D eigenvalue weighted by molar-refractivity contribution is 5.76. The largest absolute Gasteiger partial charge is 0.466 e. The number of allylic oxidation sites excluding steroid dienone is 7. The standard InChI is InChI=1S/C46H83NO5/c1-3-5-7-9-11-13-15-17-19-22-26-30-34-38-44(49)43(42-48)47-45(50)39-35-31-27-23-21-25-29-33-37-41-52-46(51)40-36-32-28-24-20-18-16-14-12-10-8-6-4-2/h8,10,14,16,23,27,34,38,43-44,48-49H,3-7,9,11-13,15,17-22,24-26,28-33,35-37,39-42H2,1-2H3,(H,47,50)/b10-8-,16-14-,27-23-,38-34+. The molecule has 0 saturated heterocycles. The molecule has 2 unspecified atom stereocenters. The maximum Gasteiger partial charge on any atom is 0.305 e. The van der Waals surface area contributed by atoms with Crippen LogP contribution in [-0.2, 0) is 14.3 Å². The van der Waals surface area contributed by atoms with Crippen molar-refractivity contribution in [2.45, 2.75) is 219 Å². The molecular weight excluding hydrogens is 647 g/mol. The van der Waals surface area contributed by atoms with Crippen molar-refractivity contribution in [3.05, 3.63) is 48.6 Å². The Hall–Kier alpha value is -2.18. The molecule has 52 heavy (non-hydrogen) atoms. The molecule has 1 amide bonds. The number of ether oxygens (including phenoxy) is 1. The molecule has 0 aromatic heterocycles. The van der Waals surface area contributed by atoms with Crippen LogP contribution in [-0.4, -0.2) is 47.4 Å². The first-order valence-corrected chi connectivity index (χ1v) is 21.9. The molecule has 302 valence electrons. The first-order valence-electron chi connectivity index (χ1n) is 21.9. The van der Waals surface area contributed by atoms with E-state index >= 15 is 0 Å². The van der Waals surface area contributed by atoms with Gasteiger partial charge in [0, 0.05) is 12.8 Å². The number of amides is 1. The zero-order chi connectivity index (χ0) is 38.0. The van der Waals surface area contributed by atoms with E-state index in [9.17, 15) is 19.8 Å². The van der Waals surface area contributed by atoms with Crippen LogP contribution in [0.5, 0.6) is 0 Å². The summed E-state index contributed by atoms with van der Waals surface area (Å²) in [6.07, 6.45) is 49.5. The predicted octanol–water partition coefficient (Wildman–Crippen LogP) is 12.3. The Morgan fingerprint density at radius 2 is 1.02 bits per heavy atom. The number of carbonyl (C=O) groups is 2. The fourth-order valence-corrected chi connectivity index (χ4v) is 6.14. The number of aliphatic hydroxyl groups excluding tert-OH is 2. The van der Waals surface area contributed by atoms with Crippen molar-refractivity contribution in [2.24, 2.45) is 0 Å². The Balaban J connectivity index is 3.63. The molecule has 0 aromatic carbocycles. The van der Waals surface area contributed by atoms with E-state index in [1.54, 1.807) is 6.08 Å². The average Bonchev–Trinajstić information content (AvgIpc) is 3.14. The lowest BCUT2D eigenvalue weighted by atomic mass is 10.0. The monoisotopic (exact) mass is 730 g/mol. The van der Waals surface area contributed by atoms with Gasteiger partial charge in [-0.05, 0) is 77.0 Å². The summed E-state index contributed by atoms with van der Waals surface area (Å²) in [6, 6.07) is -0.666. The smallest absolute Gasteiger partial charge is 0.305 e. The first-order chi connectivity index (χ1) is 25.5. The molecule has 0 aromatic rings. The summed E-state index contributed by atoms with van der Waals surface area (Å²) in [5, 5.41) is 22.9. The molecule has 0 radical (unpaired) electrons. The zero-order valence-electron chi connectivity index (χ0n) is 34.0. The lowest BCUT2D eigenvalue weighted by molar-refractivity contribution is -0.143. The second-order valence-electron chi connectivity index (χ2n) is 14.7. The van der Waals surface area contributed by atoms with Crippen LogP contribution in [0.3, 0.4) is 0 Å².